The number of benzene rings is 2. The van der Waals surface area contributed by atoms with E-state index in [0.717, 1.165) is 16.9 Å². The van der Waals surface area contributed by atoms with Crippen LogP contribution in [0, 0.1) is 6.92 Å². The smallest absolute Gasteiger partial charge is 0.257 e. The zero-order valence-corrected chi connectivity index (χ0v) is 15.4. The fraction of sp³-hybridized carbons (Fsp3) is 0.143. The third kappa shape index (κ3) is 4.36. The molecule has 1 aromatic heterocycles. The quantitative estimate of drug-likeness (QED) is 0.679. The van der Waals surface area contributed by atoms with Gasteiger partial charge >= 0.3 is 0 Å². The number of carbonyl (C=O) groups excluding carboxylic acids is 1. The molecule has 27 heavy (non-hydrogen) atoms. The molecule has 0 bridgehead atoms. The summed E-state index contributed by atoms with van der Waals surface area (Å²) in [6.07, 6.45) is 1.53. The maximum atomic E-state index is 12.4. The van der Waals surface area contributed by atoms with E-state index in [-0.39, 0.29) is 5.91 Å². The first-order valence-corrected chi connectivity index (χ1v) is 8.43. The number of pyridine rings is 1. The van der Waals surface area contributed by atoms with E-state index < -0.39 is 0 Å². The number of para-hydroxylation sites is 1. The molecule has 0 unspecified atom stereocenters. The topological polar surface area (TPSA) is 72.5 Å². The summed E-state index contributed by atoms with van der Waals surface area (Å²) >= 11 is 0. The van der Waals surface area contributed by atoms with Crippen LogP contribution in [0.2, 0.25) is 0 Å². The second-order valence-electron chi connectivity index (χ2n) is 5.89. The molecule has 0 aliphatic heterocycles. The Morgan fingerprint density at radius 2 is 1.78 bits per heavy atom. The van der Waals surface area contributed by atoms with Crippen molar-refractivity contribution in [2.75, 3.05) is 24.9 Å². The van der Waals surface area contributed by atoms with Crippen molar-refractivity contribution in [3.05, 3.63) is 71.9 Å². The highest BCUT2D eigenvalue weighted by Crippen LogP contribution is 2.31. The lowest BCUT2D eigenvalue weighted by molar-refractivity contribution is 0.102. The molecule has 1 heterocycles. The van der Waals surface area contributed by atoms with Gasteiger partial charge in [-0.05, 0) is 42.8 Å². The molecule has 3 rings (SSSR count). The first-order chi connectivity index (χ1) is 13.1. The van der Waals surface area contributed by atoms with Gasteiger partial charge in [0.2, 0.25) is 0 Å². The summed E-state index contributed by atoms with van der Waals surface area (Å²) in [5.74, 6) is 1.75. The number of aromatic nitrogens is 1. The molecule has 1 amide bonds. The van der Waals surface area contributed by atoms with Crippen molar-refractivity contribution in [3.8, 4) is 11.5 Å². The number of hydrogen-bond donors (Lipinski definition) is 2. The number of amides is 1. The molecule has 0 aliphatic rings. The molecule has 6 heteroatoms. The molecule has 138 valence electrons. The largest absolute Gasteiger partial charge is 0.497 e. The number of anilines is 3. The number of hydrogen-bond acceptors (Lipinski definition) is 5. The Morgan fingerprint density at radius 1 is 0.963 bits per heavy atom. The van der Waals surface area contributed by atoms with E-state index >= 15 is 0 Å². The third-order valence-electron chi connectivity index (χ3n) is 4.09. The Kier molecular flexibility index (Phi) is 5.56. The highest BCUT2D eigenvalue weighted by Gasteiger charge is 2.10. The van der Waals surface area contributed by atoms with Crippen LogP contribution < -0.4 is 20.1 Å². The average Bonchev–Trinajstić information content (AvgIpc) is 2.70. The summed E-state index contributed by atoms with van der Waals surface area (Å²) in [5, 5.41) is 6.07. The molecule has 2 aromatic carbocycles. The van der Waals surface area contributed by atoms with Crippen molar-refractivity contribution < 1.29 is 14.3 Å². The molecule has 0 atom stereocenters. The van der Waals surface area contributed by atoms with Gasteiger partial charge in [0.25, 0.3) is 5.91 Å². The molecular weight excluding hydrogens is 342 g/mol. The van der Waals surface area contributed by atoms with Crippen LogP contribution in [-0.4, -0.2) is 25.1 Å². The number of ether oxygens (including phenoxy) is 2. The van der Waals surface area contributed by atoms with Crippen molar-refractivity contribution in [1.29, 1.82) is 0 Å². The first-order valence-electron chi connectivity index (χ1n) is 8.43. The van der Waals surface area contributed by atoms with Gasteiger partial charge < -0.3 is 20.1 Å². The van der Waals surface area contributed by atoms with Crippen LogP contribution in [0.4, 0.5) is 17.2 Å². The van der Waals surface area contributed by atoms with E-state index in [9.17, 15) is 4.79 Å². The summed E-state index contributed by atoms with van der Waals surface area (Å²) in [6.45, 7) is 1.95. The summed E-state index contributed by atoms with van der Waals surface area (Å²) in [5.41, 5.74) is 2.98. The SMILES string of the molecule is COc1ccc(OC)c(Nc2ccc(C(=O)Nc3ccccc3C)cn2)c1. The number of nitrogens with one attached hydrogen (secondary N) is 2. The van der Waals surface area contributed by atoms with E-state index in [0.29, 0.717) is 22.9 Å². The maximum absolute atomic E-state index is 12.4. The van der Waals surface area contributed by atoms with E-state index in [1.54, 1.807) is 26.4 Å². The van der Waals surface area contributed by atoms with Gasteiger partial charge in [0.1, 0.15) is 17.3 Å². The van der Waals surface area contributed by atoms with Gasteiger partial charge in [0, 0.05) is 18.0 Å². The van der Waals surface area contributed by atoms with Crippen molar-refractivity contribution in [3.63, 3.8) is 0 Å². The predicted molar refractivity (Wildman–Crippen MR) is 106 cm³/mol. The van der Waals surface area contributed by atoms with Crippen LogP contribution in [0.25, 0.3) is 0 Å². The number of rotatable bonds is 6. The molecule has 0 saturated heterocycles. The van der Waals surface area contributed by atoms with Gasteiger partial charge in [0.05, 0.1) is 25.5 Å². The Bertz CT molecular complexity index is 940. The van der Waals surface area contributed by atoms with Crippen LogP contribution in [0.3, 0.4) is 0 Å². The maximum Gasteiger partial charge on any atom is 0.257 e. The van der Waals surface area contributed by atoms with E-state index in [1.165, 1.54) is 6.20 Å². The standard InChI is InChI=1S/C21H21N3O3/c1-14-6-4-5-7-17(14)24-21(25)15-8-11-20(22-13-15)23-18-12-16(26-2)9-10-19(18)27-3/h4-13H,1-3H3,(H,22,23)(H,24,25). The second-order valence-corrected chi connectivity index (χ2v) is 5.89. The van der Waals surface area contributed by atoms with Gasteiger partial charge in [-0.1, -0.05) is 18.2 Å². The number of nitrogens with zero attached hydrogens (tertiary/aromatic N) is 1. The lowest BCUT2D eigenvalue weighted by Gasteiger charge is -2.12. The lowest BCUT2D eigenvalue weighted by Crippen LogP contribution is -2.13. The minimum atomic E-state index is -0.206. The van der Waals surface area contributed by atoms with Gasteiger partial charge in [0.15, 0.2) is 0 Å². The molecule has 2 N–H and O–H groups in total. The zero-order chi connectivity index (χ0) is 19.2. The van der Waals surface area contributed by atoms with Crippen LogP contribution in [0.1, 0.15) is 15.9 Å². The summed E-state index contributed by atoms with van der Waals surface area (Å²) in [6, 6.07) is 16.5. The van der Waals surface area contributed by atoms with Crippen LogP contribution >= 0.6 is 0 Å². The second kappa shape index (κ2) is 8.23. The van der Waals surface area contributed by atoms with E-state index in [4.69, 9.17) is 9.47 Å². The van der Waals surface area contributed by atoms with Crippen molar-refractivity contribution in [2.45, 2.75) is 6.92 Å². The normalized spacial score (nSPS) is 10.2. The highest BCUT2D eigenvalue weighted by atomic mass is 16.5. The number of carbonyl (C=O) groups is 1. The van der Waals surface area contributed by atoms with Crippen LogP contribution in [-0.2, 0) is 0 Å². The van der Waals surface area contributed by atoms with Gasteiger partial charge in [-0.2, -0.15) is 0 Å². The Labute approximate surface area is 158 Å². The summed E-state index contributed by atoms with van der Waals surface area (Å²) < 4.78 is 10.6. The Hall–Kier alpha value is -3.54. The first kappa shape index (κ1) is 18.3. The minimum Gasteiger partial charge on any atom is -0.497 e. The molecular formula is C21H21N3O3. The molecule has 0 spiro atoms. The molecule has 3 aromatic rings. The Balaban J connectivity index is 1.74. The fourth-order valence-electron chi connectivity index (χ4n) is 2.56. The van der Waals surface area contributed by atoms with Crippen molar-refractivity contribution in [2.24, 2.45) is 0 Å². The third-order valence-corrected chi connectivity index (χ3v) is 4.09. The average molecular weight is 363 g/mol. The summed E-state index contributed by atoms with van der Waals surface area (Å²) in [4.78, 5) is 16.7. The van der Waals surface area contributed by atoms with Crippen LogP contribution in [0.5, 0.6) is 11.5 Å². The highest BCUT2D eigenvalue weighted by molar-refractivity contribution is 6.04. The van der Waals surface area contributed by atoms with Gasteiger partial charge in [-0.15, -0.1) is 0 Å². The fourth-order valence-corrected chi connectivity index (χ4v) is 2.56. The minimum absolute atomic E-state index is 0.206. The number of methoxy groups -OCH3 is 2. The zero-order valence-electron chi connectivity index (χ0n) is 15.4. The molecule has 0 fully saturated rings. The monoisotopic (exact) mass is 363 g/mol. The number of aryl methyl sites for hydroxylation is 1. The van der Waals surface area contributed by atoms with Crippen LogP contribution in [0.15, 0.2) is 60.8 Å². The van der Waals surface area contributed by atoms with E-state index in [1.807, 2.05) is 49.4 Å². The van der Waals surface area contributed by atoms with Gasteiger partial charge in [-0.3, -0.25) is 4.79 Å². The predicted octanol–water partition coefficient (Wildman–Crippen LogP) is 4.40. The molecule has 0 saturated carbocycles. The molecule has 6 nitrogen and oxygen atoms in total. The van der Waals surface area contributed by atoms with Crippen molar-refractivity contribution >= 4 is 23.1 Å². The lowest BCUT2D eigenvalue weighted by atomic mass is 10.2. The van der Waals surface area contributed by atoms with Crippen molar-refractivity contribution in [1.82, 2.24) is 4.98 Å². The molecule has 0 radical (unpaired) electrons. The van der Waals surface area contributed by atoms with Gasteiger partial charge in [-0.25, -0.2) is 4.98 Å². The molecule has 0 aliphatic carbocycles. The Morgan fingerprint density at radius 3 is 2.44 bits per heavy atom. The van der Waals surface area contributed by atoms with E-state index in [2.05, 4.69) is 15.6 Å². The summed E-state index contributed by atoms with van der Waals surface area (Å²) in [7, 11) is 3.20.